The minimum Gasteiger partial charge on any atom is -0.324 e. The molecule has 16 heavy (non-hydrogen) atoms. The van der Waals surface area contributed by atoms with Gasteiger partial charge in [-0.2, -0.15) is 13.2 Å². The molecular formula is C10H8F3N3. The number of fused-ring (bicyclic) bond motifs is 1. The van der Waals surface area contributed by atoms with Gasteiger partial charge in [0.15, 0.2) is 0 Å². The van der Waals surface area contributed by atoms with Crippen LogP contribution in [-0.2, 0) is 12.7 Å². The van der Waals surface area contributed by atoms with E-state index in [1.165, 1.54) is 12.3 Å². The Bertz CT molecular complexity index is 522. The minimum atomic E-state index is -4.35. The van der Waals surface area contributed by atoms with E-state index in [-0.39, 0.29) is 6.54 Å². The number of halogens is 3. The molecule has 0 aliphatic heterocycles. The topological polar surface area (TPSA) is 51.8 Å². The van der Waals surface area contributed by atoms with E-state index in [0.29, 0.717) is 16.7 Å². The standard InChI is InChI=1S/C10H8F3N3/c11-10(12,13)7-1-2-8-6(3-7)5-15-9(4-14)16-8/h1-3,5H,4,14H2. The SMILES string of the molecule is NCc1ncc2cc(C(F)(F)F)ccc2n1. The second-order valence-corrected chi connectivity index (χ2v) is 3.26. The molecular weight excluding hydrogens is 219 g/mol. The number of benzene rings is 1. The molecule has 1 heterocycles. The fourth-order valence-corrected chi connectivity index (χ4v) is 1.35. The van der Waals surface area contributed by atoms with Crippen LogP contribution in [0.3, 0.4) is 0 Å². The van der Waals surface area contributed by atoms with Gasteiger partial charge in [-0.3, -0.25) is 0 Å². The molecule has 84 valence electrons. The number of alkyl halides is 3. The number of nitrogens with two attached hydrogens (primary N) is 1. The third-order valence-electron chi connectivity index (χ3n) is 2.14. The molecule has 2 rings (SSSR count). The Kier molecular flexibility index (Phi) is 2.51. The van der Waals surface area contributed by atoms with E-state index < -0.39 is 11.7 Å². The van der Waals surface area contributed by atoms with Crippen LogP contribution in [0, 0.1) is 0 Å². The molecule has 0 aliphatic rings. The average molecular weight is 227 g/mol. The van der Waals surface area contributed by atoms with E-state index in [9.17, 15) is 13.2 Å². The van der Waals surface area contributed by atoms with Crippen molar-refractivity contribution < 1.29 is 13.2 Å². The monoisotopic (exact) mass is 227 g/mol. The minimum absolute atomic E-state index is 0.164. The van der Waals surface area contributed by atoms with Gasteiger partial charge in [-0.1, -0.05) is 0 Å². The first kappa shape index (κ1) is 10.8. The second kappa shape index (κ2) is 3.71. The van der Waals surface area contributed by atoms with Gasteiger partial charge >= 0.3 is 6.18 Å². The third kappa shape index (κ3) is 1.96. The Labute approximate surface area is 89.1 Å². The van der Waals surface area contributed by atoms with Crippen LogP contribution >= 0.6 is 0 Å². The number of hydrogen-bond donors (Lipinski definition) is 1. The Morgan fingerprint density at radius 1 is 1.25 bits per heavy atom. The number of hydrogen-bond acceptors (Lipinski definition) is 3. The van der Waals surface area contributed by atoms with Crippen molar-refractivity contribution in [3.63, 3.8) is 0 Å². The van der Waals surface area contributed by atoms with Crippen LogP contribution in [0.2, 0.25) is 0 Å². The molecule has 0 spiro atoms. The van der Waals surface area contributed by atoms with Crippen LogP contribution in [0.4, 0.5) is 13.2 Å². The lowest BCUT2D eigenvalue weighted by Crippen LogP contribution is -2.06. The highest BCUT2D eigenvalue weighted by Crippen LogP contribution is 2.30. The summed E-state index contributed by atoms with van der Waals surface area (Å²) >= 11 is 0. The van der Waals surface area contributed by atoms with Crippen molar-refractivity contribution in [2.24, 2.45) is 5.73 Å². The predicted molar refractivity (Wildman–Crippen MR) is 52.4 cm³/mol. The summed E-state index contributed by atoms with van der Waals surface area (Å²) in [6, 6.07) is 3.34. The first-order valence-corrected chi connectivity index (χ1v) is 4.53. The highest BCUT2D eigenvalue weighted by molar-refractivity contribution is 5.78. The van der Waals surface area contributed by atoms with Crippen molar-refractivity contribution in [1.29, 1.82) is 0 Å². The van der Waals surface area contributed by atoms with E-state index in [1.807, 2.05) is 0 Å². The molecule has 0 atom stereocenters. The van der Waals surface area contributed by atoms with Gasteiger partial charge in [0.05, 0.1) is 17.6 Å². The second-order valence-electron chi connectivity index (χ2n) is 3.26. The summed E-state index contributed by atoms with van der Waals surface area (Å²) in [6.07, 6.45) is -3.00. The van der Waals surface area contributed by atoms with Crippen molar-refractivity contribution in [3.05, 3.63) is 35.8 Å². The Morgan fingerprint density at radius 2 is 2.00 bits per heavy atom. The average Bonchev–Trinajstić information content (AvgIpc) is 2.26. The maximum Gasteiger partial charge on any atom is 0.416 e. The van der Waals surface area contributed by atoms with Gasteiger partial charge < -0.3 is 5.73 Å². The first-order chi connectivity index (χ1) is 7.50. The summed E-state index contributed by atoms with van der Waals surface area (Å²) in [5.41, 5.74) is 5.09. The van der Waals surface area contributed by atoms with Gasteiger partial charge in [-0.05, 0) is 18.2 Å². The fourth-order valence-electron chi connectivity index (χ4n) is 1.35. The highest BCUT2D eigenvalue weighted by Gasteiger charge is 2.30. The summed E-state index contributed by atoms with van der Waals surface area (Å²) in [5, 5.41) is 0.354. The number of aromatic nitrogens is 2. The molecule has 0 radical (unpaired) electrons. The van der Waals surface area contributed by atoms with Crippen LogP contribution in [-0.4, -0.2) is 9.97 Å². The molecule has 0 aliphatic carbocycles. The van der Waals surface area contributed by atoms with Gasteiger partial charge in [0, 0.05) is 11.6 Å². The largest absolute Gasteiger partial charge is 0.416 e. The van der Waals surface area contributed by atoms with Crippen LogP contribution in [0.5, 0.6) is 0 Å². The van der Waals surface area contributed by atoms with Gasteiger partial charge in [-0.15, -0.1) is 0 Å². The normalized spacial score (nSPS) is 12.0. The summed E-state index contributed by atoms with van der Waals surface area (Å²) in [4.78, 5) is 7.86. The molecule has 0 saturated carbocycles. The van der Waals surface area contributed by atoms with Crippen LogP contribution in [0.1, 0.15) is 11.4 Å². The van der Waals surface area contributed by atoms with Crippen LogP contribution in [0.15, 0.2) is 24.4 Å². The molecule has 1 aromatic heterocycles. The molecule has 0 amide bonds. The molecule has 0 unspecified atom stereocenters. The molecule has 6 heteroatoms. The maximum absolute atomic E-state index is 12.4. The quantitative estimate of drug-likeness (QED) is 0.811. The summed E-state index contributed by atoms with van der Waals surface area (Å²) < 4.78 is 37.2. The van der Waals surface area contributed by atoms with E-state index in [1.54, 1.807) is 0 Å². The molecule has 0 saturated heterocycles. The fraction of sp³-hybridized carbons (Fsp3) is 0.200. The van der Waals surface area contributed by atoms with Crippen LogP contribution in [0.25, 0.3) is 10.9 Å². The van der Waals surface area contributed by atoms with Crippen molar-refractivity contribution >= 4 is 10.9 Å². The Morgan fingerprint density at radius 3 is 2.62 bits per heavy atom. The van der Waals surface area contributed by atoms with Gasteiger partial charge in [-0.25, -0.2) is 9.97 Å². The zero-order valence-electron chi connectivity index (χ0n) is 8.12. The molecule has 0 bridgehead atoms. The van der Waals surface area contributed by atoms with Crippen molar-refractivity contribution in [3.8, 4) is 0 Å². The van der Waals surface area contributed by atoms with Gasteiger partial charge in [0.25, 0.3) is 0 Å². The van der Waals surface area contributed by atoms with E-state index in [4.69, 9.17) is 5.73 Å². The van der Waals surface area contributed by atoms with E-state index in [0.717, 1.165) is 12.1 Å². The molecule has 1 aromatic carbocycles. The number of nitrogens with zero attached hydrogens (tertiary/aromatic N) is 2. The van der Waals surface area contributed by atoms with E-state index >= 15 is 0 Å². The lowest BCUT2D eigenvalue weighted by atomic mass is 10.1. The Hall–Kier alpha value is -1.69. The smallest absolute Gasteiger partial charge is 0.324 e. The number of rotatable bonds is 1. The summed E-state index contributed by atoms with van der Waals surface area (Å²) in [7, 11) is 0. The predicted octanol–water partition coefficient (Wildman–Crippen LogP) is 2.11. The Balaban J connectivity index is 2.56. The zero-order chi connectivity index (χ0) is 11.8. The van der Waals surface area contributed by atoms with Gasteiger partial charge in [0.2, 0.25) is 0 Å². The van der Waals surface area contributed by atoms with Crippen LogP contribution < -0.4 is 5.73 Å². The van der Waals surface area contributed by atoms with Crippen molar-refractivity contribution in [2.75, 3.05) is 0 Å². The summed E-state index contributed by atoms with van der Waals surface area (Å²) in [5.74, 6) is 0.409. The lowest BCUT2D eigenvalue weighted by Gasteiger charge is -2.07. The lowest BCUT2D eigenvalue weighted by molar-refractivity contribution is -0.137. The zero-order valence-corrected chi connectivity index (χ0v) is 8.12. The van der Waals surface area contributed by atoms with Crippen molar-refractivity contribution in [2.45, 2.75) is 12.7 Å². The molecule has 2 N–H and O–H groups in total. The molecule has 2 aromatic rings. The molecule has 0 fully saturated rings. The summed E-state index contributed by atoms with van der Waals surface area (Å²) in [6.45, 7) is 0.164. The molecule has 3 nitrogen and oxygen atoms in total. The highest BCUT2D eigenvalue weighted by atomic mass is 19.4. The van der Waals surface area contributed by atoms with Gasteiger partial charge in [0.1, 0.15) is 5.82 Å². The third-order valence-corrected chi connectivity index (χ3v) is 2.14. The maximum atomic E-state index is 12.4. The van der Waals surface area contributed by atoms with Crippen molar-refractivity contribution in [1.82, 2.24) is 9.97 Å². The first-order valence-electron chi connectivity index (χ1n) is 4.53. The van der Waals surface area contributed by atoms with E-state index in [2.05, 4.69) is 9.97 Å².